The number of nitrogens with zero attached hydrogens (tertiary/aromatic N) is 1. The van der Waals surface area contributed by atoms with Crippen LogP contribution in [0.3, 0.4) is 0 Å². The standard InChI is InChI=1S/C42H37N/c1-41(2)38-20-12-11-18-37(38)40-36(19-13-21-39(40)42(41,3)4)32-24-28-35(29-25-32)43(33-16-9-6-10-17-33)34-26-22-31(23-27-34)30-14-7-5-8-15-30/h5-29H,1-4H3. The molecule has 0 atom stereocenters. The first-order valence-electron chi connectivity index (χ1n) is 15.2. The van der Waals surface area contributed by atoms with E-state index in [0.717, 1.165) is 17.1 Å². The van der Waals surface area contributed by atoms with Gasteiger partial charge in [-0.1, -0.05) is 143 Å². The fraction of sp³-hybridized carbons (Fsp3) is 0.143. The number of benzene rings is 6. The molecule has 0 aromatic heterocycles. The van der Waals surface area contributed by atoms with Gasteiger partial charge in [-0.25, -0.2) is 0 Å². The molecule has 6 aromatic carbocycles. The van der Waals surface area contributed by atoms with Crippen LogP contribution >= 0.6 is 0 Å². The van der Waals surface area contributed by atoms with E-state index in [1.807, 2.05) is 0 Å². The molecule has 6 aromatic rings. The Balaban J connectivity index is 1.31. The average Bonchev–Trinajstić information content (AvgIpc) is 3.05. The molecule has 0 unspecified atom stereocenters. The number of rotatable bonds is 5. The predicted molar refractivity (Wildman–Crippen MR) is 183 cm³/mol. The molecule has 0 saturated carbocycles. The van der Waals surface area contributed by atoms with Gasteiger partial charge in [-0.15, -0.1) is 0 Å². The Kier molecular flexibility index (Phi) is 6.55. The Bertz CT molecular complexity index is 1880. The Morgan fingerprint density at radius 3 is 1.44 bits per heavy atom. The third kappa shape index (κ3) is 4.48. The number of hydrogen-bond donors (Lipinski definition) is 0. The number of anilines is 3. The van der Waals surface area contributed by atoms with E-state index in [2.05, 4.69) is 184 Å². The zero-order chi connectivity index (χ0) is 29.6. The Morgan fingerprint density at radius 1 is 0.349 bits per heavy atom. The lowest BCUT2D eigenvalue weighted by molar-refractivity contribution is 0.299. The molecule has 43 heavy (non-hydrogen) atoms. The maximum absolute atomic E-state index is 2.40. The first-order valence-corrected chi connectivity index (χ1v) is 15.2. The van der Waals surface area contributed by atoms with Crippen LogP contribution in [-0.4, -0.2) is 0 Å². The Hall–Kier alpha value is -4.88. The number of hydrogen-bond acceptors (Lipinski definition) is 1. The van der Waals surface area contributed by atoms with Gasteiger partial charge in [0.25, 0.3) is 0 Å². The average molecular weight is 556 g/mol. The zero-order valence-electron chi connectivity index (χ0n) is 25.4. The fourth-order valence-electron chi connectivity index (χ4n) is 6.77. The first-order chi connectivity index (χ1) is 20.9. The van der Waals surface area contributed by atoms with Crippen LogP contribution in [0.2, 0.25) is 0 Å². The van der Waals surface area contributed by atoms with Crippen molar-refractivity contribution in [1.29, 1.82) is 0 Å². The van der Waals surface area contributed by atoms with E-state index in [1.165, 1.54) is 44.5 Å². The van der Waals surface area contributed by atoms with Gasteiger partial charge in [-0.2, -0.15) is 0 Å². The SMILES string of the molecule is CC1(C)c2ccccc2-c2c(-c3ccc(N(c4ccccc4)c4ccc(-c5ccccc5)cc4)cc3)cccc2C1(C)C. The van der Waals surface area contributed by atoms with Crippen molar-refractivity contribution >= 4 is 17.1 Å². The molecule has 0 amide bonds. The van der Waals surface area contributed by atoms with E-state index >= 15 is 0 Å². The van der Waals surface area contributed by atoms with Crippen molar-refractivity contribution in [2.24, 2.45) is 0 Å². The summed E-state index contributed by atoms with van der Waals surface area (Å²) in [5.74, 6) is 0. The minimum absolute atomic E-state index is 0.0113. The molecule has 0 N–H and O–H groups in total. The molecular weight excluding hydrogens is 518 g/mol. The van der Waals surface area contributed by atoms with Gasteiger partial charge in [0.1, 0.15) is 0 Å². The van der Waals surface area contributed by atoms with E-state index in [1.54, 1.807) is 0 Å². The molecule has 1 heteroatoms. The highest BCUT2D eigenvalue weighted by atomic mass is 15.1. The van der Waals surface area contributed by atoms with Crippen molar-refractivity contribution in [3.63, 3.8) is 0 Å². The summed E-state index contributed by atoms with van der Waals surface area (Å²) in [5, 5.41) is 0. The summed E-state index contributed by atoms with van der Waals surface area (Å²) in [6.07, 6.45) is 0. The topological polar surface area (TPSA) is 3.24 Å². The van der Waals surface area contributed by atoms with Gasteiger partial charge in [-0.3, -0.25) is 0 Å². The molecule has 0 radical (unpaired) electrons. The minimum atomic E-state index is -0.0113. The van der Waals surface area contributed by atoms with Crippen molar-refractivity contribution in [2.45, 2.75) is 38.5 Å². The first kappa shape index (κ1) is 27.0. The van der Waals surface area contributed by atoms with Gasteiger partial charge in [-0.05, 0) is 91.7 Å². The van der Waals surface area contributed by atoms with Gasteiger partial charge in [0.15, 0.2) is 0 Å². The van der Waals surface area contributed by atoms with Crippen molar-refractivity contribution < 1.29 is 0 Å². The molecule has 1 aliphatic carbocycles. The van der Waals surface area contributed by atoms with E-state index in [9.17, 15) is 0 Å². The molecule has 0 spiro atoms. The smallest absolute Gasteiger partial charge is 0.0462 e. The van der Waals surface area contributed by atoms with Crippen LogP contribution in [0.25, 0.3) is 33.4 Å². The van der Waals surface area contributed by atoms with Crippen molar-refractivity contribution in [2.75, 3.05) is 4.90 Å². The summed E-state index contributed by atoms with van der Waals surface area (Å²) in [7, 11) is 0. The summed E-state index contributed by atoms with van der Waals surface area (Å²) < 4.78 is 0. The summed E-state index contributed by atoms with van der Waals surface area (Å²) in [6.45, 7) is 9.58. The second-order valence-electron chi connectivity index (χ2n) is 12.7. The van der Waals surface area contributed by atoms with Crippen LogP contribution in [-0.2, 0) is 10.8 Å². The van der Waals surface area contributed by atoms with Crippen LogP contribution in [0.5, 0.6) is 0 Å². The van der Waals surface area contributed by atoms with Gasteiger partial charge in [0.05, 0.1) is 0 Å². The molecule has 0 aliphatic heterocycles. The molecule has 7 rings (SSSR count). The van der Waals surface area contributed by atoms with Crippen molar-refractivity contribution in [3.05, 3.63) is 163 Å². The molecule has 0 fully saturated rings. The Labute approximate surface area is 256 Å². The van der Waals surface area contributed by atoms with Gasteiger partial charge < -0.3 is 4.90 Å². The highest BCUT2D eigenvalue weighted by Crippen LogP contribution is 2.55. The van der Waals surface area contributed by atoms with Crippen LogP contribution in [0.1, 0.15) is 38.8 Å². The predicted octanol–water partition coefficient (Wildman–Crippen LogP) is 11.7. The van der Waals surface area contributed by atoms with Gasteiger partial charge in [0, 0.05) is 17.1 Å². The van der Waals surface area contributed by atoms with E-state index in [0.29, 0.717) is 0 Å². The normalized spacial score (nSPS) is 14.4. The van der Waals surface area contributed by atoms with Gasteiger partial charge >= 0.3 is 0 Å². The third-order valence-electron chi connectivity index (χ3n) is 9.85. The van der Waals surface area contributed by atoms with Crippen LogP contribution in [0.4, 0.5) is 17.1 Å². The molecule has 0 bridgehead atoms. The zero-order valence-corrected chi connectivity index (χ0v) is 25.4. The van der Waals surface area contributed by atoms with Gasteiger partial charge in [0.2, 0.25) is 0 Å². The lowest BCUT2D eigenvalue weighted by atomic mass is 9.55. The molecule has 1 aliphatic rings. The maximum Gasteiger partial charge on any atom is 0.0462 e. The summed E-state index contributed by atoms with van der Waals surface area (Å²) >= 11 is 0. The second kappa shape index (κ2) is 10.4. The van der Waals surface area contributed by atoms with Crippen molar-refractivity contribution in [1.82, 2.24) is 0 Å². The molecule has 0 heterocycles. The quantitative estimate of drug-likeness (QED) is 0.204. The third-order valence-corrected chi connectivity index (χ3v) is 9.85. The maximum atomic E-state index is 2.40. The lowest BCUT2D eigenvalue weighted by Crippen LogP contribution is -2.43. The number of fused-ring (bicyclic) bond motifs is 3. The molecule has 0 saturated heterocycles. The highest BCUT2D eigenvalue weighted by molar-refractivity contribution is 5.91. The van der Waals surface area contributed by atoms with Crippen LogP contribution in [0, 0.1) is 0 Å². The molecule has 210 valence electrons. The summed E-state index contributed by atoms with van der Waals surface area (Å²) in [5.41, 5.74) is 13.9. The van der Waals surface area contributed by atoms with E-state index in [-0.39, 0.29) is 10.8 Å². The van der Waals surface area contributed by atoms with E-state index in [4.69, 9.17) is 0 Å². The van der Waals surface area contributed by atoms with Crippen LogP contribution < -0.4 is 4.90 Å². The summed E-state index contributed by atoms with van der Waals surface area (Å²) in [6, 6.07) is 55.0. The van der Waals surface area contributed by atoms with E-state index < -0.39 is 0 Å². The van der Waals surface area contributed by atoms with Crippen LogP contribution in [0.15, 0.2) is 152 Å². The molecular formula is C42H37N. The largest absolute Gasteiger partial charge is 0.311 e. The minimum Gasteiger partial charge on any atom is -0.311 e. The molecule has 1 nitrogen and oxygen atoms in total. The lowest BCUT2D eigenvalue weighted by Gasteiger charge is -2.48. The Morgan fingerprint density at radius 2 is 0.791 bits per heavy atom. The monoisotopic (exact) mass is 555 g/mol. The highest BCUT2D eigenvalue weighted by Gasteiger charge is 2.46. The second-order valence-corrected chi connectivity index (χ2v) is 12.7. The summed E-state index contributed by atoms with van der Waals surface area (Å²) in [4.78, 5) is 2.33. The van der Waals surface area contributed by atoms with Crippen molar-refractivity contribution in [3.8, 4) is 33.4 Å². The number of para-hydroxylation sites is 1. The fourth-order valence-corrected chi connectivity index (χ4v) is 6.77.